The molecule has 0 amide bonds. The zero-order valence-corrected chi connectivity index (χ0v) is 15.8. The Morgan fingerprint density at radius 1 is 1.19 bits per heavy atom. The predicted octanol–water partition coefficient (Wildman–Crippen LogP) is 4.37. The third-order valence-corrected chi connectivity index (χ3v) is 6.30. The first kappa shape index (κ1) is 17.5. The summed E-state index contributed by atoms with van der Waals surface area (Å²) < 4.78 is 13.2. The molecule has 0 radical (unpaired) electrons. The second-order valence-electron chi connectivity index (χ2n) is 6.50. The minimum atomic E-state index is -0.222. The number of aromatic amines is 1. The zero-order chi connectivity index (χ0) is 18.1. The molecule has 1 fully saturated rings. The van der Waals surface area contributed by atoms with Crippen LogP contribution in [-0.4, -0.2) is 39.2 Å². The maximum Gasteiger partial charge on any atom is 0.137 e. The highest BCUT2D eigenvalue weighted by Gasteiger charge is 2.30. The Bertz CT molecular complexity index is 888. The van der Waals surface area contributed by atoms with Gasteiger partial charge in [0.15, 0.2) is 0 Å². The molecule has 3 heterocycles. The van der Waals surface area contributed by atoms with E-state index in [1.165, 1.54) is 17.7 Å². The first-order valence-corrected chi connectivity index (χ1v) is 10.1. The lowest BCUT2D eigenvalue weighted by Crippen LogP contribution is -2.40. The molecule has 0 bridgehead atoms. The molecule has 1 aromatic carbocycles. The molecule has 0 aliphatic carbocycles. The highest BCUT2D eigenvalue weighted by molar-refractivity contribution is 8.00. The smallest absolute Gasteiger partial charge is 0.137 e. The normalized spacial score (nSPS) is 20.3. The van der Waals surface area contributed by atoms with Crippen molar-refractivity contribution in [3.63, 3.8) is 0 Å². The van der Waals surface area contributed by atoms with Gasteiger partial charge in [0.25, 0.3) is 0 Å². The minimum Gasteiger partial charge on any atom is -0.346 e. The Hall–Kier alpha value is -1.89. The van der Waals surface area contributed by atoms with Crippen molar-refractivity contribution in [2.75, 3.05) is 18.8 Å². The van der Waals surface area contributed by atoms with Gasteiger partial charge in [0, 0.05) is 35.1 Å². The molecule has 2 N–H and O–H groups in total. The van der Waals surface area contributed by atoms with E-state index in [1.807, 2.05) is 18.0 Å². The van der Waals surface area contributed by atoms with E-state index in [4.69, 9.17) is 0 Å². The van der Waals surface area contributed by atoms with Crippen LogP contribution in [0.25, 0.3) is 22.2 Å². The van der Waals surface area contributed by atoms with Crippen LogP contribution in [-0.2, 0) is 0 Å². The molecule has 2 unspecified atom stereocenters. The van der Waals surface area contributed by atoms with Crippen LogP contribution in [0.15, 0.2) is 42.7 Å². The maximum absolute atomic E-state index is 13.2. The van der Waals surface area contributed by atoms with Gasteiger partial charge in [0.05, 0.1) is 0 Å². The van der Waals surface area contributed by atoms with Gasteiger partial charge in [-0.2, -0.15) is 0 Å². The summed E-state index contributed by atoms with van der Waals surface area (Å²) in [7, 11) is 0. The van der Waals surface area contributed by atoms with Crippen molar-refractivity contribution in [1.82, 2.24) is 20.2 Å². The first-order chi connectivity index (χ1) is 12.7. The number of hydrogen-bond acceptors (Lipinski definition) is 4. The van der Waals surface area contributed by atoms with E-state index in [0.717, 1.165) is 41.0 Å². The summed E-state index contributed by atoms with van der Waals surface area (Å²) in [6, 6.07) is 9.01. The quantitative estimate of drug-likeness (QED) is 0.700. The van der Waals surface area contributed by atoms with Crippen LogP contribution >= 0.6 is 11.8 Å². The fraction of sp³-hybridized carbons (Fsp3) is 0.350. The second kappa shape index (κ2) is 7.39. The summed E-state index contributed by atoms with van der Waals surface area (Å²) in [6.45, 7) is 6.48. The van der Waals surface area contributed by atoms with Gasteiger partial charge in [-0.25, -0.2) is 9.37 Å². The monoisotopic (exact) mass is 370 g/mol. The maximum atomic E-state index is 13.2. The van der Waals surface area contributed by atoms with Gasteiger partial charge in [-0.15, -0.1) is 11.8 Å². The lowest BCUT2D eigenvalue weighted by Gasteiger charge is -2.25. The van der Waals surface area contributed by atoms with Crippen molar-refractivity contribution in [2.24, 2.45) is 0 Å². The molecule has 2 aromatic heterocycles. The Morgan fingerprint density at radius 3 is 2.69 bits per heavy atom. The van der Waals surface area contributed by atoms with E-state index in [9.17, 15) is 4.39 Å². The molecular formula is C20H23FN4S. The summed E-state index contributed by atoms with van der Waals surface area (Å²) in [5.74, 6) is 0.814. The third-order valence-electron chi connectivity index (χ3n) is 5.02. The van der Waals surface area contributed by atoms with E-state index < -0.39 is 0 Å². The Labute approximate surface area is 157 Å². The van der Waals surface area contributed by atoms with Crippen LogP contribution in [0, 0.1) is 5.82 Å². The van der Waals surface area contributed by atoms with Gasteiger partial charge in [-0.1, -0.05) is 26.0 Å². The number of aromatic nitrogens is 2. The second-order valence-corrected chi connectivity index (χ2v) is 7.61. The molecule has 1 aliphatic heterocycles. The van der Waals surface area contributed by atoms with Gasteiger partial charge in [-0.3, -0.25) is 10.2 Å². The SMILES string of the molecule is CCN(CC)C1NC(c2c[nH]c3ncc(-c4ccc(F)cc4)cc23)CS1. The lowest BCUT2D eigenvalue weighted by atomic mass is 10.0. The van der Waals surface area contributed by atoms with Gasteiger partial charge in [0.2, 0.25) is 0 Å². The number of rotatable bonds is 5. The average Bonchev–Trinajstić information content (AvgIpc) is 3.30. The Balaban J connectivity index is 1.64. The summed E-state index contributed by atoms with van der Waals surface area (Å²) >= 11 is 1.96. The van der Waals surface area contributed by atoms with Crippen LogP contribution in [0.4, 0.5) is 4.39 Å². The highest BCUT2D eigenvalue weighted by atomic mass is 32.2. The van der Waals surface area contributed by atoms with E-state index in [2.05, 4.69) is 46.3 Å². The first-order valence-electron chi connectivity index (χ1n) is 9.04. The largest absolute Gasteiger partial charge is 0.346 e. The molecule has 1 saturated heterocycles. The van der Waals surface area contributed by atoms with Crippen molar-refractivity contribution in [3.05, 3.63) is 54.1 Å². The molecule has 1 aliphatic rings. The van der Waals surface area contributed by atoms with Crippen molar-refractivity contribution < 1.29 is 4.39 Å². The van der Waals surface area contributed by atoms with E-state index >= 15 is 0 Å². The van der Waals surface area contributed by atoms with Crippen molar-refractivity contribution in [1.29, 1.82) is 0 Å². The predicted molar refractivity (Wildman–Crippen MR) is 107 cm³/mol. The van der Waals surface area contributed by atoms with Crippen LogP contribution < -0.4 is 5.32 Å². The number of thioether (sulfide) groups is 1. The van der Waals surface area contributed by atoms with E-state index in [1.54, 1.807) is 12.1 Å². The number of benzene rings is 1. The molecule has 2 atom stereocenters. The average molecular weight is 370 g/mol. The lowest BCUT2D eigenvalue weighted by molar-refractivity contribution is 0.250. The number of H-pyrrole nitrogens is 1. The molecule has 4 rings (SSSR count). The van der Waals surface area contributed by atoms with Crippen LogP contribution in [0.1, 0.15) is 25.5 Å². The van der Waals surface area contributed by atoms with Gasteiger partial charge in [-0.05, 0) is 42.4 Å². The summed E-state index contributed by atoms with van der Waals surface area (Å²) in [5, 5.41) is 4.88. The number of pyridine rings is 1. The van der Waals surface area contributed by atoms with Crippen molar-refractivity contribution >= 4 is 22.8 Å². The van der Waals surface area contributed by atoms with E-state index in [0.29, 0.717) is 11.5 Å². The molecule has 136 valence electrons. The molecule has 0 saturated carbocycles. The fourth-order valence-electron chi connectivity index (χ4n) is 3.51. The molecule has 26 heavy (non-hydrogen) atoms. The van der Waals surface area contributed by atoms with Crippen LogP contribution in [0.3, 0.4) is 0 Å². The zero-order valence-electron chi connectivity index (χ0n) is 15.0. The Kier molecular flexibility index (Phi) is 4.98. The van der Waals surface area contributed by atoms with Crippen LogP contribution in [0.2, 0.25) is 0 Å². The molecule has 0 spiro atoms. The van der Waals surface area contributed by atoms with Gasteiger partial charge >= 0.3 is 0 Å². The molecule has 6 heteroatoms. The number of hydrogen-bond donors (Lipinski definition) is 2. The topological polar surface area (TPSA) is 44.0 Å². The number of nitrogens with one attached hydrogen (secondary N) is 2. The molecule has 4 nitrogen and oxygen atoms in total. The minimum absolute atomic E-state index is 0.222. The number of nitrogens with zero attached hydrogens (tertiary/aromatic N) is 2. The summed E-state index contributed by atoms with van der Waals surface area (Å²) in [5.41, 5.74) is 4.47. The van der Waals surface area contributed by atoms with Gasteiger partial charge < -0.3 is 4.98 Å². The van der Waals surface area contributed by atoms with Crippen LogP contribution in [0.5, 0.6) is 0 Å². The van der Waals surface area contributed by atoms with Crippen molar-refractivity contribution in [2.45, 2.75) is 25.4 Å². The third kappa shape index (κ3) is 3.24. The standard InChI is InChI=1S/C20H23FN4S/c1-3-25(4-2)20-24-18(12-26-20)17-11-23-19-16(17)9-14(10-22-19)13-5-7-15(21)8-6-13/h5-11,18,20,24H,3-4,12H2,1-2H3,(H,22,23). The Morgan fingerprint density at radius 2 is 1.96 bits per heavy atom. The highest BCUT2D eigenvalue weighted by Crippen LogP contribution is 2.35. The van der Waals surface area contributed by atoms with Gasteiger partial charge in [0.1, 0.15) is 17.0 Å². The van der Waals surface area contributed by atoms with E-state index in [-0.39, 0.29) is 5.82 Å². The summed E-state index contributed by atoms with van der Waals surface area (Å²) in [6.07, 6.45) is 3.90. The van der Waals surface area contributed by atoms with Crippen molar-refractivity contribution in [3.8, 4) is 11.1 Å². The molecule has 3 aromatic rings. The molecular weight excluding hydrogens is 347 g/mol. The number of halogens is 1. The fourth-order valence-corrected chi connectivity index (χ4v) is 4.93. The summed E-state index contributed by atoms with van der Waals surface area (Å²) in [4.78, 5) is 10.3. The number of fused-ring (bicyclic) bond motifs is 1.